The van der Waals surface area contributed by atoms with Crippen LogP contribution in [0.25, 0.3) is 0 Å². The lowest BCUT2D eigenvalue weighted by Gasteiger charge is -2.16. The molecule has 0 atom stereocenters. The molecule has 1 fully saturated rings. The average Bonchev–Trinajstić information content (AvgIpc) is 3.46. The van der Waals surface area contributed by atoms with Crippen LogP contribution >= 0.6 is 23.2 Å². The van der Waals surface area contributed by atoms with Gasteiger partial charge in [0.25, 0.3) is 0 Å². The van der Waals surface area contributed by atoms with Crippen LogP contribution in [-0.4, -0.2) is 39.4 Å². The third-order valence-corrected chi connectivity index (χ3v) is 6.14. The summed E-state index contributed by atoms with van der Waals surface area (Å²) in [7, 11) is 0. The van der Waals surface area contributed by atoms with Crippen molar-refractivity contribution >= 4 is 64.3 Å². The van der Waals surface area contributed by atoms with Crippen molar-refractivity contribution in [3.8, 4) is 5.75 Å². The lowest BCUT2D eigenvalue weighted by Crippen LogP contribution is -2.21. The van der Waals surface area contributed by atoms with E-state index in [0.717, 1.165) is 31.6 Å². The zero-order valence-electron chi connectivity index (χ0n) is 20.1. The standard InChI is InChI=1S/C26H23Cl2N9O/c27-18-8-10-22(21(28)15-18)35-34-20-9-11-23(38)17(14-20)16-29-36-25-31-24(30-19-6-2-1-3-7-19)32-26(33-25)37-12-4-5-13-37/h1-3,6-11,14-16,38H,4-5,12-13H2,(H2,30,31,32,33,36)/b29-16-,35-34?. The summed E-state index contributed by atoms with van der Waals surface area (Å²) in [5.41, 5.74) is 5.10. The van der Waals surface area contributed by atoms with Gasteiger partial charge in [-0.2, -0.15) is 25.2 Å². The zero-order valence-corrected chi connectivity index (χ0v) is 21.6. The summed E-state index contributed by atoms with van der Waals surface area (Å²) in [6, 6.07) is 19.4. The van der Waals surface area contributed by atoms with E-state index in [9.17, 15) is 5.11 Å². The normalized spacial score (nSPS) is 13.5. The summed E-state index contributed by atoms with van der Waals surface area (Å²) in [5.74, 6) is 1.26. The molecule has 0 unspecified atom stereocenters. The number of rotatable bonds is 8. The molecular weight excluding hydrogens is 525 g/mol. The molecule has 1 aliphatic heterocycles. The SMILES string of the molecule is Oc1ccc(N=Nc2ccc(Cl)cc2Cl)cc1/C=N\Nc1nc(Nc2ccccc2)nc(N2CCCC2)n1. The van der Waals surface area contributed by atoms with Crippen LogP contribution in [0.3, 0.4) is 0 Å². The quantitative estimate of drug-likeness (QED) is 0.122. The number of aromatic hydroxyl groups is 1. The second-order valence-electron chi connectivity index (χ2n) is 8.38. The molecule has 0 bridgehead atoms. The minimum Gasteiger partial charge on any atom is -0.507 e. The Morgan fingerprint density at radius 1 is 0.868 bits per heavy atom. The molecule has 1 saturated heterocycles. The molecule has 2 heterocycles. The number of nitrogens with zero attached hydrogens (tertiary/aromatic N) is 7. The molecule has 1 aliphatic rings. The molecule has 3 N–H and O–H groups in total. The fourth-order valence-corrected chi connectivity index (χ4v) is 4.17. The highest BCUT2D eigenvalue weighted by Crippen LogP contribution is 2.30. The summed E-state index contributed by atoms with van der Waals surface area (Å²) < 4.78 is 0. The molecular formula is C26H23Cl2N9O. The molecule has 4 aromatic rings. The second kappa shape index (κ2) is 11.8. The zero-order chi connectivity index (χ0) is 26.3. The molecule has 0 amide bonds. The van der Waals surface area contributed by atoms with Gasteiger partial charge in [0.2, 0.25) is 17.8 Å². The van der Waals surface area contributed by atoms with Gasteiger partial charge in [0.1, 0.15) is 11.4 Å². The predicted octanol–water partition coefficient (Wildman–Crippen LogP) is 7.09. The van der Waals surface area contributed by atoms with Gasteiger partial charge in [-0.3, -0.25) is 0 Å². The van der Waals surface area contributed by atoms with Crippen LogP contribution in [0.1, 0.15) is 18.4 Å². The Hall–Kier alpha value is -4.28. The van der Waals surface area contributed by atoms with Crippen molar-refractivity contribution in [2.45, 2.75) is 12.8 Å². The fraction of sp³-hybridized carbons (Fsp3) is 0.154. The number of azo groups is 1. The van der Waals surface area contributed by atoms with Crippen molar-refractivity contribution in [2.24, 2.45) is 15.3 Å². The predicted molar refractivity (Wildman–Crippen MR) is 151 cm³/mol. The van der Waals surface area contributed by atoms with Crippen LogP contribution in [-0.2, 0) is 0 Å². The van der Waals surface area contributed by atoms with Gasteiger partial charge in [0, 0.05) is 29.4 Å². The first-order valence-corrected chi connectivity index (χ1v) is 12.6. The maximum atomic E-state index is 10.3. The molecule has 192 valence electrons. The fourth-order valence-electron chi connectivity index (χ4n) is 3.72. The van der Waals surface area contributed by atoms with Crippen LogP contribution in [0.5, 0.6) is 5.75 Å². The summed E-state index contributed by atoms with van der Waals surface area (Å²) in [5, 5.41) is 27.0. The van der Waals surface area contributed by atoms with Crippen molar-refractivity contribution in [3.63, 3.8) is 0 Å². The average molecular weight is 548 g/mol. The minimum atomic E-state index is 0.0267. The molecule has 0 spiro atoms. The van der Waals surface area contributed by atoms with Crippen LogP contribution < -0.4 is 15.6 Å². The van der Waals surface area contributed by atoms with Crippen molar-refractivity contribution in [1.29, 1.82) is 0 Å². The Kier molecular flexibility index (Phi) is 7.91. The van der Waals surface area contributed by atoms with E-state index in [1.54, 1.807) is 30.3 Å². The van der Waals surface area contributed by atoms with E-state index < -0.39 is 0 Å². The number of halogens is 2. The number of phenolic OH excluding ortho intramolecular Hbond substituents is 1. The Balaban J connectivity index is 1.34. The van der Waals surface area contributed by atoms with Gasteiger partial charge in [0.05, 0.1) is 16.9 Å². The van der Waals surface area contributed by atoms with E-state index >= 15 is 0 Å². The van der Waals surface area contributed by atoms with Gasteiger partial charge in [0.15, 0.2) is 0 Å². The van der Waals surface area contributed by atoms with E-state index in [-0.39, 0.29) is 11.7 Å². The van der Waals surface area contributed by atoms with E-state index in [1.807, 2.05) is 30.3 Å². The van der Waals surface area contributed by atoms with Crippen molar-refractivity contribution in [2.75, 3.05) is 28.7 Å². The molecule has 1 aromatic heterocycles. The van der Waals surface area contributed by atoms with Gasteiger partial charge < -0.3 is 15.3 Å². The van der Waals surface area contributed by atoms with Crippen LogP contribution in [0.2, 0.25) is 10.0 Å². The smallest absolute Gasteiger partial charge is 0.250 e. The Bertz CT molecular complexity index is 1480. The molecule has 10 nitrogen and oxygen atoms in total. The number of hydrazone groups is 1. The third kappa shape index (κ3) is 6.53. The molecule has 5 rings (SSSR count). The van der Waals surface area contributed by atoms with Gasteiger partial charge in [-0.05, 0) is 61.4 Å². The van der Waals surface area contributed by atoms with Crippen molar-refractivity contribution in [3.05, 3.63) is 82.3 Å². The Labute approximate surface area is 229 Å². The summed E-state index contributed by atoms with van der Waals surface area (Å²) in [6.45, 7) is 1.77. The minimum absolute atomic E-state index is 0.0267. The lowest BCUT2D eigenvalue weighted by atomic mass is 10.2. The van der Waals surface area contributed by atoms with Gasteiger partial charge in [-0.25, -0.2) is 5.43 Å². The largest absolute Gasteiger partial charge is 0.507 e. The Morgan fingerprint density at radius 3 is 2.45 bits per heavy atom. The number of hydrogen-bond donors (Lipinski definition) is 3. The highest BCUT2D eigenvalue weighted by Gasteiger charge is 2.17. The molecule has 12 heteroatoms. The highest BCUT2D eigenvalue weighted by atomic mass is 35.5. The number of para-hydroxylation sites is 1. The third-order valence-electron chi connectivity index (χ3n) is 5.60. The van der Waals surface area contributed by atoms with Crippen LogP contribution in [0.15, 0.2) is 82.1 Å². The molecule has 0 radical (unpaired) electrons. The molecule has 0 saturated carbocycles. The monoisotopic (exact) mass is 547 g/mol. The number of aromatic nitrogens is 3. The Morgan fingerprint density at radius 2 is 1.66 bits per heavy atom. The maximum absolute atomic E-state index is 10.3. The number of nitrogens with one attached hydrogen (secondary N) is 2. The number of benzene rings is 3. The second-order valence-corrected chi connectivity index (χ2v) is 9.22. The molecule has 0 aliphatic carbocycles. The van der Waals surface area contributed by atoms with Gasteiger partial charge in [-0.1, -0.05) is 41.4 Å². The van der Waals surface area contributed by atoms with Crippen LogP contribution in [0, 0.1) is 0 Å². The van der Waals surface area contributed by atoms with E-state index in [1.165, 1.54) is 12.3 Å². The first kappa shape index (κ1) is 25.4. The summed E-state index contributed by atoms with van der Waals surface area (Å²) >= 11 is 12.1. The first-order valence-electron chi connectivity index (χ1n) is 11.9. The lowest BCUT2D eigenvalue weighted by molar-refractivity contribution is 0.474. The summed E-state index contributed by atoms with van der Waals surface area (Å²) in [6.07, 6.45) is 3.63. The summed E-state index contributed by atoms with van der Waals surface area (Å²) in [4.78, 5) is 15.7. The number of phenols is 1. The van der Waals surface area contributed by atoms with Crippen molar-refractivity contribution < 1.29 is 5.11 Å². The van der Waals surface area contributed by atoms with E-state index in [0.29, 0.717) is 38.9 Å². The molecule has 38 heavy (non-hydrogen) atoms. The number of hydrogen-bond acceptors (Lipinski definition) is 10. The maximum Gasteiger partial charge on any atom is 0.250 e. The van der Waals surface area contributed by atoms with Gasteiger partial charge >= 0.3 is 0 Å². The number of anilines is 4. The van der Waals surface area contributed by atoms with E-state index in [2.05, 4.69) is 45.9 Å². The molecule has 3 aromatic carbocycles. The van der Waals surface area contributed by atoms with Crippen LogP contribution in [0.4, 0.5) is 34.9 Å². The van der Waals surface area contributed by atoms with Crippen molar-refractivity contribution in [1.82, 2.24) is 15.0 Å². The van der Waals surface area contributed by atoms with Gasteiger partial charge in [-0.15, -0.1) is 5.11 Å². The highest BCUT2D eigenvalue weighted by molar-refractivity contribution is 6.36. The topological polar surface area (TPSA) is 123 Å². The first-order chi connectivity index (χ1) is 18.5. The van der Waals surface area contributed by atoms with E-state index in [4.69, 9.17) is 23.2 Å².